The number of esters is 1. The van der Waals surface area contributed by atoms with Gasteiger partial charge in [-0.15, -0.1) is 0 Å². The highest BCUT2D eigenvalue weighted by Gasteiger charge is 2.28. The van der Waals surface area contributed by atoms with Gasteiger partial charge in [0.2, 0.25) is 15.9 Å². The highest BCUT2D eigenvalue weighted by atomic mass is 35.5. The van der Waals surface area contributed by atoms with Gasteiger partial charge in [0.1, 0.15) is 11.8 Å². The first-order chi connectivity index (χ1) is 15.5. The van der Waals surface area contributed by atoms with Crippen LogP contribution in [0.25, 0.3) is 0 Å². The summed E-state index contributed by atoms with van der Waals surface area (Å²) in [4.78, 5) is 35.7. The van der Waals surface area contributed by atoms with Crippen molar-refractivity contribution >= 4 is 45.1 Å². The third kappa shape index (κ3) is 8.04. The van der Waals surface area contributed by atoms with Crippen LogP contribution in [0.3, 0.4) is 0 Å². The number of carbonyl (C=O) groups excluding carboxylic acids is 3. The van der Waals surface area contributed by atoms with Crippen LogP contribution >= 0.6 is 11.6 Å². The summed E-state index contributed by atoms with van der Waals surface area (Å²) < 4.78 is 37.5. The summed E-state index contributed by atoms with van der Waals surface area (Å²) >= 11 is 5.91. The van der Waals surface area contributed by atoms with Gasteiger partial charge in [0.05, 0.1) is 12.0 Å². The molecule has 0 radical (unpaired) electrons. The molecule has 2 rings (SSSR count). The van der Waals surface area contributed by atoms with E-state index in [2.05, 4.69) is 10.0 Å². The molecule has 2 aromatic rings. The van der Waals surface area contributed by atoms with Gasteiger partial charge in [-0.2, -0.15) is 4.72 Å². The first-order valence-corrected chi connectivity index (χ1v) is 11.6. The Bertz CT molecular complexity index is 1120. The van der Waals surface area contributed by atoms with E-state index < -0.39 is 40.5 Å². The van der Waals surface area contributed by atoms with Crippen LogP contribution in [0.4, 0.5) is 5.69 Å². The van der Waals surface area contributed by atoms with Gasteiger partial charge in [-0.25, -0.2) is 8.42 Å². The molecule has 0 aromatic heterocycles. The molecule has 0 heterocycles. The van der Waals surface area contributed by atoms with Crippen molar-refractivity contribution in [2.75, 3.05) is 19.0 Å². The minimum Gasteiger partial charge on any atom is -0.497 e. The van der Waals surface area contributed by atoms with Gasteiger partial charge in [0.25, 0.3) is 5.91 Å². The molecular weight excluding hydrogens is 474 g/mol. The minimum absolute atomic E-state index is 0.130. The van der Waals surface area contributed by atoms with Crippen LogP contribution in [0.5, 0.6) is 5.75 Å². The lowest BCUT2D eigenvalue weighted by molar-refractivity contribution is -0.149. The third-order valence-electron chi connectivity index (χ3n) is 4.45. The van der Waals surface area contributed by atoms with Crippen LogP contribution in [0.15, 0.2) is 47.4 Å². The van der Waals surface area contributed by atoms with Gasteiger partial charge in [0, 0.05) is 17.1 Å². The summed E-state index contributed by atoms with van der Waals surface area (Å²) in [5.41, 5.74) is 6.31. The van der Waals surface area contributed by atoms with Crippen molar-refractivity contribution in [3.8, 4) is 5.75 Å². The summed E-state index contributed by atoms with van der Waals surface area (Å²) in [6.07, 6.45) is -0.530. The summed E-state index contributed by atoms with van der Waals surface area (Å²) in [7, 11) is -2.72. The Balaban J connectivity index is 2.07. The monoisotopic (exact) mass is 497 g/mol. The number of benzene rings is 2. The van der Waals surface area contributed by atoms with Gasteiger partial charge >= 0.3 is 5.97 Å². The number of amides is 2. The van der Waals surface area contributed by atoms with Gasteiger partial charge < -0.3 is 20.5 Å². The SMILES string of the molecule is COc1ccc(S(=O)(=O)N[C@@H](CCC(N)=O)C(=O)OCC(=O)Nc2cc(Cl)ccc2C)cc1. The number of hydrogen-bond acceptors (Lipinski definition) is 7. The van der Waals surface area contributed by atoms with E-state index >= 15 is 0 Å². The largest absolute Gasteiger partial charge is 0.497 e. The second kappa shape index (κ2) is 11.6. The Kier molecular flexibility index (Phi) is 9.21. The summed E-state index contributed by atoms with van der Waals surface area (Å²) in [6.45, 7) is 1.08. The Hall–Kier alpha value is -3.15. The Morgan fingerprint density at radius 1 is 1.12 bits per heavy atom. The number of aryl methyl sites for hydroxylation is 1. The number of sulfonamides is 1. The van der Waals surface area contributed by atoms with E-state index in [4.69, 9.17) is 26.8 Å². The van der Waals surface area contributed by atoms with Crippen LogP contribution in [0.1, 0.15) is 18.4 Å². The van der Waals surface area contributed by atoms with Crippen molar-refractivity contribution in [2.45, 2.75) is 30.7 Å². The molecule has 0 aliphatic rings. The number of ether oxygens (including phenoxy) is 2. The van der Waals surface area contributed by atoms with Crippen molar-refractivity contribution < 1.29 is 32.3 Å². The Labute approximate surface area is 196 Å². The van der Waals surface area contributed by atoms with Gasteiger partial charge in [-0.05, 0) is 55.3 Å². The molecule has 0 spiro atoms. The number of anilines is 1. The van der Waals surface area contributed by atoms with Gasteiger partial charge in [0.15, 0.2) is 6.61 Å². The first-order valence-electron chi connectivity index (χ1n) is 9.69. The highest BCUT2D eigenvalue weighted by molar-refractivity contribution is 7.89. The molecule has 12 heteroatoms. The van der Waals surface area contributed by atoms with Crippen LogP contribution < -0.4 is 20.5 Å². The smallest absolute Gasteiger partial charge is 0.324 e. The van der Waals surface area contributed by atoms with Gasteiger partial charge in [-0.3, -0.25) is 14.4 Å². The molecule has 0 fully saturated rings. The molecule has 0 saturated heterocycles. The highest BCUT2D eigenvalue weighted by Crippen LogP contribution is 2.20. The second-order valence-electron chi connectivity index (χ2n) is 6.97. The van der Waals surface area contributed by atoms with Gasteiger partial charge in [-0.1, -0.05) is 17.7 Å². The molecule has 1 atom stereocenters. The maximum atomic E-state index is 12.7. The maximum absolute atomic E-state index is 12.7. The zero-order valence-corrected chi connectivity index (χ0v) is 19.5. The van der Waals surface area contributed by atoms with E-state index in [0.717, 1.165) is 5.56 Å². The number of nitrogens with one attached hydrogen (secondary N) is 2. The summed E-state index contributed by atoms with van der Waals surface area (Å²) in [5, 5.41) is 2.96. The fourth-order valence-corrected chi connectivity index (χ4v) is 4.07. The molecule has 0 unspecified atom stereocenters. The zero-order chi connectivity index (χ0) is 24.6. The van der Waals surface area contributed by atoms with E-state index in [9.17, 15) is 22.8 Å². The lowest BCUT2D eigenvalue weighted by Gasteiger charge is -2.17. The van der Waals surface area contributed by atoms with Crippen molar-refractivity contribution in [1.82, 2.24) is 4.72 Å². The van der Waals surface area contributed by atoms with E-state index in [1.54, 1.807) is 19.1 Å². The van der Waals surface area contributed by atoms with E-state index in [-0.39, 0.29) is 17.7 Å². The van der Waals surface area contributed by atoms with Crippen LogP contribution in [-0.2, 0) is 29.1 Å². The van der Waals surface area contributed by atoms with E-state index in [1.165, 1.54) is 37.4 Å². The van der Waals surface area contributed by atoms with E-state index in [1.807, 2.05) is 0 Å². The second-order valence-corrected chi connectivity index (χ2v) is 9.12. The molecule has 33 heavy (non-hydrogen) atoms. The number of primary amides is 1. The molecule has 4 N–H and O–H groups in total. The van der Waals surface area contributed by atoms with Crippen molar-refractivity contribution in [2.24, 2.45) is 5.73 Å². The molecule has 0 aliphatic heterocycles. The molecule has 0 bridgehead atoms. The maximum Gasteiger partial charge on any atom is 0.324 e. The first kappa shape index (κ1) is 26.1. The quantitative estimate of drug-likeness (QED) is 0.399. The normalized spacial score (nSPS) is 12.0. The number of carbonyl (C=O) groups is 3. The molecular formula is C21H24ClN3O7S. The van der Waals surface area contributed by atoms with Crippen molar-refractivity contribution in [3.63, 3.8) is 0 Å². The molecule has 10 nitrogen and oxygen atoms in total. The average Bonchev–Trinajstić information content (AvgIpc) is 2.77. The molecule has 178 valence electrons. The summed E-state index contributed by atoms with van der Waals surface area (Å²) in [6, 6.07) is 8.92. The molecule has 0 aliphatic carbocycles. The number of hydrogen-bond donors (Lipinski definition) is 3. The lowest BCUT2D eigenvalue weighted by Crippen LogP contribution is -2.43. The molecule has 2 aromatic carbocycles. The predicted octanol–water partition coefficient (Wildman–Crippen LogP) is 1.75. The third-order valence-corrected chi connectivity index (χ3v) is 6.17. The van der Waals surface area contributed by atoms with Crippen LogP contribution in [-0.4, -0.2) is 46.0 Å². The lowest BCUT2D eigenvalue weighted by atomic mass is 10.1. The van der Waals surface area contributed by atoms with Crippen molar-refractivity contribution in [3.05, 3.63) is 53.1 Å². The minimum atomic E-state index is -4.15. The van der Waals surface area contributed by atoms with Crippen LogP contribution in [0, 0.1) is 6.92 Å². The fraction of sp³-hybridized carbons (Fsp3) is 0.286. The number of methoxy groups -OCH3 is 1. The van der Waals surface area contributed by atoms with Crippen LogP contribution in [0.2, 0.25) is 5.02 Å². The average molecular weight is 498 g/mol. The summed E-state index contributed by atoms with van der Waals surface area (Å²) in [5.74, 6) is -1.98. The zero-order valence-electron chi connectivity index (χ0n) is 18.0. The number of halogens is 1. The topological polar surface area (TPSA) is 154 Å². The number of nitrogens with two attached hydrogens (primary N) is 1. The molecule has 2 amide bonds. The predicted molar refractivity (Wildman–Crippen MR) is 121 cm³/mol. The standard InChI is InChI=1S/C21H24ClN3O7S/c1-13-3-4-14(22)11-18(13)24-20(27)12-32-21(28)17(9-10-19(23)26)25-33(29,30)16-7-5-15(31-2)6-8-16/h3-8,11,17,25H,9-10,12H2,1-2H3,(H2,23,26)(H,24,27)/t17-/m0/s1. The Morgan fingerprint density at radius 2 is 1.79 bits per heavy atom. The van der Waals surface area contributed by atoms with E-state index in [0.29, 0.717) is 16.5 Å². The Morgan fingerprint density at radius 3 is 2.39 bits per heavy atom. The van der Waals surface area contributed by atoms with Crippen molar-refractivity contribution in [1.29, 1.82) is 0 Å². The number of rotatable bonds is 11. The fourth-order valence-electron chi connectivity index (χ4n) is 2.67. The molecule has 0 saturated carbocycles.